The van der Waals surface area contributed by atoms with Gasteiger partial charge < -0.3 is 11.1 Å². The first-order valence-electron chi connectivity index (χ1n) is 7.10. The van der Waals surface area contributed by atoms with Gasteiger partial charge in [-0.05, 0) is 25.7 Å². The van der Waals surface area contributed by atoms with Gasteiger partial charge in [-0.2, -0.15) is 0 Å². The minimum Gasteiger partial charge on any atom is -0.348 e. The molecule has 3 atom stereocenters. The molecule has 19 heavy (non-hydrogen) atoms. The summed E-state index contributed by atoms with van der Waals surface area (Å²) in [4.78, 5) is 16.5. The topological polar surface area (TPSA) is 68.0 Å². The third-order valence-electron chi connectivity index (χ3n) is 3.82. The van der Waals surface area contributed by atoms with E-state index in [-0.39, 0.29) is 18.0 Å². The normalized spacial score (nSPS) is 25.6. The first kappa shape index (κ1) is 14.5. The fraction of sp³-hybridized carbons (Fsp3) is 0.714. The van der Waals surface area contributed by atoms with E-state index in [2.05, 4.69) is 17.2 Å². The molecule has 0 bridgehead atoms. The van der Waals surface area contributed by atoms with Crippen LogP contribution in [-0.4, -0.2) is 16.9 Å². The maximum Gasteiger partial charge on any atom is 0.270 e. The number of nitrogens with zero attached hydrogens (tertiary/aromatic N) is 1. The van der Waals surface area contributed by atoms with Crippen LogP contribution in [0.5, 0.6) is 0 Å². The Hall–Kier alpha value is -0.940. The SMILES string of the molecule is CC(N)c1nc(C(=O)NC2CCCCCC2C)cs1. The molecule has 4 nitrogen and oxygen atoms in total. The van der Waals surface area contributed by atoms with Crippen LogP contribution in [0.3, 0.4) is 0 Å². The summed E-state index contributed by atoms with van der Waals surface area (Å²) in [5.74, 6) is 0.500. The second-order valence-corrected chi connectivity index (χ2v) is 6.44. The molecule has 3 unspecified atom stereocenters. The van der Waals surface area contributed by atoms with Crippen molar-refractivity contribution in [1.29, 1.82) is 0 Å². The fourth-order valence-electron chi connectivity index (χ4n) is 2.55. The lowest BCUT2D eigenvalue weighted by Crippen LogP contribution is -2.39. The summed E-state index contributed by atoms with van der Waals surface area (Å²) in [5, 5.41) is 5.76. The number of rotatable bonds is 3. The van der Waals surface area contributed by atoms with Gasteiger partial charge in [0.1, 0.15) is 10.7 Å². The van der Waals surface area contributed by atoms with Crippen LogP contribution in [-0.2, 0) is 0 Å². The molecule has 5 heteroatoms. The molecule has 0 aromatic carbocycles. The highest BCUT2D eigenvalue weighted by atomic mass is 32.1. The molecule has 1 saturated carbocycles. The van der Waals surface area contributed by atoms with E-state index >= 15 is 0 Å². The molecule has 0 saturated heterocycles. The molecule has 0 spiro atoms. The summed E-state index contributed by atoms with van der Waals surface area (Å²) in [5.41, 5.74) is 6.28. The fourth-order valence-corrected chi connectivity index (χ4v) is 3.31. The second-order valence-electron chi connectivity index (χ2n) is 5.55. The molecule has 1 fully saturated rings. The summed E-state index contributed by atoms with van der Waals surface area (Å²) < 4.78 is 0. The molecular formula is C14H23N3OS. The lowest BCUT2D eigenvalue weighted by atomic mass is 9.97. The van der Waals surface area contributed by atoms with E-state index in [9.17, 15) is 4.79 Å². The van der Waals surface area contributed by atoms with Crippen LogP contribution < -0.4 is 11.1 Å². The molecule has 0 aliphatic heterocycles. The average molecular weight is 281 g/mol. The van der Waals surface area contributed by atoms with Crippen LogP contribution in [0.25, 0.3) is 0 Å². The Bertz CT molecular complexity index is 430. The van der Waals surface area contributed by atoms with Gasteiger partial charge in [-0.1, -0.05) is 26.2 Å². The maximum absolute atomic E-state index is 12.2. The summed E-state index contributed by atoms with van der Waals surface area (Å²) >= 11 is 1.46. The molecule has 0 radical (unpaired) electrons. The van der Waals surface area contributed by atoms with Gasteiger partial charge in [-0.15, -0.1) is 11.3 Å². The van der Waals surface area contributed by atoms with Crippen LogP contribution >= 0.6 is 11.3 Å². The predicted molar refractivity (Wildman–Crippen MR) is 78.2 cm³/mol. The average Bonchev–Trinajstić information content (AvgIpc) is 2.78. The molecule has 106 valence electrons. The quantitative estimate of drug-likeness (QED) is 0.837. The Labute approximate surface area is 118 Å². The van der Waals surface area contributed by atoms with Crippen LogP contribution in [0.4, 0.5) is 0 Å². The summed E-state index contributed by atoms with van der Waals surface area (Å²) in [6.45, 7) is 4.11. The lowest BCUT2D eigenvalue weighted by molar-refractivity contribution is 0.0917. The number of carbonyl (C=O) groups excluding carboxylic acids is 1. The third-order valence-corrected chi connectivity index (χ3v) is 4.87. The highest BCUT2D eigenvalue weighted by molar-refractivity contribution is 7.09. The molecule has 3 N–H and O–H groups in total. The first-order valence-corrected chi connectivity index (χ1v) is 7.97. The Kier molecular flexibility index (Phi) is 4.93. The summed E-state index contributed by atoms with van der Waals surface area (Å²) in [6, 6.07) is 0.179. The molecule has 1 heterocycles. The Morgan fingerprint density at radius 1 is 1.47 bits per heavy atom. The van der Waals surface area contributed by atoms with Crippen LogP contribution in [0.15, 0.2) is 5.38 Å². The van der Waals surface area contributed by atoms with Crippen LogP contribution in [0.2, 0.25) is 0 Å². The molecule has 2 rings (SSSR count). The van der Waals surface area contributed by atoms with E-state index in [0.717, 1.165) is 11.4 Å². The molecule has 1 aromatic rings. The predicted octanol–water partition coefficient (Wildman–Crippen LogP) is 2.86. The van der Waals surface area contributed by atoms with Gasteiger partial charge in [0.25, 0.3) is 5.91 Å². The monoisotopic (exact) mass is 281 g/mol. The van der Waals surface area contributed by atoms with Crippen molar-refractivity contribution < 1.29 is 4.79 Å². The number of amides is 1. The van der Waals surface area contributed by atoms with Gasteiger partial charge in [0.15, 0.2) is 0 Å². The zero-order valence-electron chi connectivity index (χ0n) is 11.7. The van der Waals surface area contributed by atoms with Gasteiger partial charge in [0.05, 0.1) is 6.04 Å². The second kappa shape index (κ2) is 6.48. The van der Waals surface area contributed by atoms with E-state index in [4.69, 9.17) is 5.73 Å². The number of nitrogens with two attached hydrogens (primary N) is 1. The number of thiazole rings is 1. The number of aromatic nitrogens is 1. The highest BCUT2D eigenvalue weighted by Gasteiger charge is 2.23. The van der Waals surface area contributed by atoms with E-state index in [1.807, 2.05) is 6.92 Å². The maximum atomic E-state index is 12.2. The minimum atomic E-state index is -0.108. The van der Waals surface area contributed by atoms with Crippen molar-refractivity contribution in [3.05, 3.63) is 16.1 Å². The molecule has 1 aliphatic carbocycles. The van der Waals surface area contributed by atoms with Crippen molar-refractivity contribution in [2.24, 2.45) is 11.7 Å². The number of carbonyl (C=O) groups is 1. The van der Waals surface area contributed by atoms with Crippen molar-refractivity contribution in [2.75, 3.05) is 0 Å². The zero-order chi connectivity index (χ0) is 13.8. The van der Waals surface area contributed by atoms with Crippen LogP contribution in [0.1, 0.15) is 67.5 Å². The van der Waals surface area contributed by atoms with Gasteiger partial charge in [0, 0.05) is 11.4 Å². The largest absolute Gasteiger partial charge is 0.348 e. The van der Waals surface area contributed by atoms with Gasteiger partial charge in [-0.3, -0.25) is 4.79 Å². The molecule has 1 aliphatic rings. The summed E-state index contributed by atoms with van der Waals surface area (Å²) in [7, 11) is 0. The number of hydrogen-bond donors (Lipinski definition) is 2. The standard InChI is InChI=1S/C14H23N3OS/c1-9-6-4-3-5-7-11(9)16-13(18)12-8-19-14(17-12)10(2)15/h8-11H,3-7,15H2,1-2H3,(H,16,18). The van der Waals surface area contributed by atoms with Gasteiger partial charge in [0.2, 0.25) is 0 Å². The van der Waals surface area contributed by atoms with Crippen LogP contribution in [0, 0.1) is 5.92 Å². The van der Waals surface area contributed by atoms with Crippen molar-refractivity contribution in [3.8, 4) is 0 Å². The van der Waals surface area contributed by atoms with Crippen molar-refractivity contribution >= 4 is 17.2 Å². The van der Waals surface area contributed by atoms with E-state index in [0.29, 0.717) is 11.6 Å². The third kappa shape index (κ3) is 3.76. The zero-order valence-corrected chi connectivity index (χ0v) is 12.5. The highest BCUT2D eigenvalue weighted by Crippen LogP contribution is 2.23. The Morgan fingerprint density at radius 2 is 2.21 bits per heavy atom. The smallest absolute Gasteiger partial charge is 0.270 e. The Balaban J connectivity index is 1.98. The number of hydrogen-bond acceptors (Lipinski definition) is 4. The Morgan fingerprint density at radius 3 is 2.89 bits per heavy atom. The first-order chi connectivity index (χ1) is 9.08. The van der Waals surface area contributed by atoms with Crippen molar-refractivity contribution in [2.45, 2.75) is 58.0 Å². The van der Waals surface area contributed by atoms with E-state index < -0.39 is 0 Å². The molecule has 1 aromatic heterocycles. The van der Waals surface area contributed by atoms with E-state index in [1.165, 1.54) is 37.0 Å². The van der Waals surface area contributed by atoms with Gasteiger partial charge >= 0.3 is 0 Å². The molecular weight excluding hydrogens is 258 g/mol. The lowest BCUT2D eigenvalue weighted by Gasteiger charge is -2.22. The molecule has 1 amide bonds. The van der Waals surface area contributed by atoms with Gasteiger partial charge in [-0.25, -0.2) is 4.98 Å². The summed E-state index contributed by atoms with van der Waals surface area (Å²) in [6.07, 6.45) is 6.04. The van der Waals surface area contributed by atoms with Crippen molar-refractivity contribution in [1.82, 2.24) is 10.3 Å². The number of nitrogens with one attached hydrogen (secondary N) is 1. The van der Waals surface area contributed by atoms with E-state index in [1.54, 1.807) is 5.38 Å². The minimum absolute atomic E-state index is 0.0538. The van der Waals surface area contributed by atoms with Crippen molar-refractivity contribution in [3.63, 3.8) is 0 Å².